The van der Waals surface area contributed by atoms with E-state index >= 15 is 0 Å². The molecular weight excluding hydrogens is 252 g/mol. The smallest absolute Gasteiger partial charge is 0.225 e. The van der Waals surface area contributed by atoms with Gasteiger partial charge in [-0.1, -0.05) is 41.5 Å². The predicted molar refractivity (Wildman–Crippen MR) is 82.3 cm³/mol. The van der Waals surface area contributed by atoms with Crippen molar-refractivity contribution in [1.29, 1.82) is 0 Å². The molecule has 2 N–H and O–H groups in total. The summed E-state index contributed by atoms with van der Waals surface area (Å²) in [7, 11) is 0. The molecule has 118 valence electrons. The summed E-state index contributed by atoms with van der Waals surface area (Å²) in [5, 5.41) is 12.7. The monoisotopic (exact) mass is 285 g/mol. The fraction of sp³-hybridized carbons (Fsp3) is 0.938. The molecular formula is C16H33N2O2+. The van der Waals surface area contributed by atoms with Gasteiger partial charge in [0.2, 0.25) is 5.91 Å². The molecule has 0 aromatic carbocycles. The lowest BCUT2D eigenvalue weighted by atomic mass is 9.90. The molecule has 0 saturated carbocycles. The average Bonchev–Trinajstić information content (AvgIpc) is 2.21. The number of amides is 1. The lowest BCUT2D eigenvalue weighted by molar-refractivity contribution is -0.971. The lowest BCUT2D eigenvalue weighted by Gasteiger charge is -2.49. The molecule has 20 heavy (non-hydrogen) atoms. The Kier molecular flexibility index (Phi) is 5.25. The molecule has 0 unspecified atom stereocenters. The van der Waals surface area contributed by atoms with Crippen LogP contribution >= 0.6 is 0 Å². The first kappa shape index (κ1) is 17.4. The summed E-state index contributed by atoms with van der Waals surface area (Å²) in [6.45, 7) is 16.9. The average molecular weight is 285 g/mol. The number of nitrogens with zero attached hydrogens (tertiary/aromatic N) is 1. The van der Waals surface area contributed by atoms with Gasteiger partial charge < -0.3 is 14.9 Å². The van der Waals surface area contributed by atoms with Crippen LogP contribution in [-0.2, 0) is 4.79 Å². The van der Waals surface area contributed by atoms with Crippen molar-refractivity contribution in [3.63, 3.8) is 0 Å². The van der Waals surface area contributed by atoms with Crippen molar-refractivity contribution in [3.8, 4) is 0 Å². The van der Waals surface area contributed by atoms with Gasteiger partial charge in [-0.15, -0.1) is 0 Å². The Morgan fingerprint density at radius 3 is 2.10 bits per heavy atom. The van der Waals surface area contributed by atoms with Crippen molar-refractivity contribution in [2.24, 2.45) is 10.8 Å². The van der Waals surface area contributed by atoms with Gasteiger partial charge in [0.15, 0.2) is 6.10 Å². The maximum absolute atomic E-state index is 11.9. The highest BCUT2D eigenvalue weighted by molar-refractivity contribution is 5.81. The molecule has 1 fully saturated rings. The zero-order chi connectivity index (χ0) is 15.6. The van der Waals surface area contributed by atoms with E-state index in [1.165, 1.54) is 0 Å². The summed E-state index contributed by atoms with van der Waals surface area (Å²) in [6.07, 6.45) is 0.987. The minimum atomic E-state index is -0.329. The van der Waals surface area contributed by atoms with E-state index in [-0.39, 0.29) is 17.4 Å². The lowest BCUT2D eigenvalue weighted by Crippen LogP contribution is -2.68. The Labute approximate surface area is 124 Å². The molecule has 0 atom stereocenters. The van der Waals surface area contributed by atoms with Crippen LogP contribution in [0.3, 0.4) is 0 Å². The van der Waals surface area contributed by atoms with Gasteiger partial charge in [-0.3, -0.25) is 4.79 Å². The Balaban J connectivity index is 2.42. The highest BCUT2D eigenvalue weighted by atomic mass is 16.3. The van der Waals surface area contributed by atoms with E-state index < -0.39 is 0 Å². The van der Waals surface area contributed by atoms with E-state index in [9.17, 15) is 9.90 Å². The van der Waals surface area contributed by atoms with Crippen molar-refractivity contribution in [2.75, 3.05) is 32.7 Å². The number of carbonyl (C=O) groups excluding carboxylic acids is 1. The zero-order valence-corrected chi connectivity index (χ0v) is 14.1. The topological polar surface area (TPSA) is 49.3 Å². The molecule has 1 saturated heterocycles. The number of aliphatic hydroxyl groups is 1. The molecule has 0 aromatic rings. The summed E-state index contributed by atoms with van der Waals surface area (Å²) < 4.78 is 0.947. The SMILES string of the molecule is CC(C)(C)CC[N+]1(CCNC(=O)C(C)(C)C)CC(O)C1. The van der Waals surface area contributed by atoms with Crippen LogP contribution in [0.4, 0.5) is 0 Å². The molecule has 0 aromatic heterocycles. The summed E-state index contributed by atoms with van der Waals surface area (Å²) in [5.41, 5.74) is -0.00878. The maximum atomic E-state index is 11.9. The Bertz CT molecular complexity index is 333. The van der Waals surface area contributed by atoms with Crippen LogP contribution < -0.4 is 5.32 Å². The molecule has 4 heteroatoms. The van der Waals surface area contributed by atoms with Crippen molar-refractivity contribution >= 4 is 5.91 Å². The standard InChI is InChI=1S/C16H32N2O2/c1-15(2,3)7-9-18(11-13(19)12-18)10-8-17-14(20)16(4,5)6/h13,19H,7-12H2,1-6H3/p+1. The summed E-state index contributed by atoms with van der Waals surface area (Å²) >= 11 is 0. The summed E-state index contributed by atoms with van der Waals surface area (Å²) in [5.74, 6) is 0.104. The quantitative estimate of drug-likeness (QED) is 0.757. The van der Waals surface area contributed by atoms with E-state index in [1.807, 2.05) is 20.8 Å². The van der Waals surface area contributed by atoms with Crippen molar-refractivity contribution in [3.05, 3.63) is 0 Å². The molecule has 1 aliphatic rings. The second kappa shape index (κ2) is 6.02. The minimum absolute atomic E-state index is 0.104. The number of likely N-dealkylation sites (tertiary alicyclic amines) is 1. The van der Waals surface area contributed by atoms with E-state index in [0.717, 1.165) is 37.1 Å². The van der Waals surface area contributed by atoms with E-state index in [2.05, 4.69) is 26.1 Å². The molecule has 4 nitrogen and oxygen atoms in total. The van der Waals surface area contributed by atoms with Crippen LogP contribution in [-0.4, -0.2) is 54.3 Å². The maximum Gasteiger partial charge on any atom is 0.225 e. The largest absolute Gasteiger partial charge is 0.382 e. The minimum Gasteiger partial charge on any atom is -0.382 e. The first-order valence-electron chi connectivity index (χ1n) is 7.75. The molecule has 0 aliphatic carbocycles. The summed E-state index contributed by atoms with van der Waals surface area (Å²) in [6, 6.07) is 0. The number of quaternary nitrogens is 1. The Morgan fingerprint density at radius 1 is 1.15 bits per heavy atom. The Hall–Kier alpha value is -0.610. The van der Waals surface area contributed by atoms with Gasteiger partial charge in [0.1, 0.15) is 13.1 Å². The second-order valence-corrected chi connectivity index (χ2v) is 8.62. The number of aliphatic hydroxyl groups excluding tert-OH is 1. The zero-order valence-electron chi connectivity index (χ0n) is 14.1. The first-order valence-corrected chi connectivity index (χ1v) is 7.75. The number of hydrogen-bond acceptors (Lipinski definition) is 2. The van der Waals surface area contributed by atoms with Gasteiger partial charge in [0.05, 0.1) is 19.6 Å². The molecule has 1 aliphatic heterocycles. The van der Waals surface area contributed by atoms with Crippen molar-refractivity contribution in [1.82, 2.24) is 5.32 Å². The van der Waals surface area contributed by atoms with Crippen LogP contribution in [0.5, 0.6) is 0 Å². The van der Waals surface area contributed by atoms with Gasteiger partial charge in [0.25, 0.3) is 0 Å². The molecule has 0 radical (unpaired) electrons. The van der Waals surface area contributed by atoms with Gasteiger partial charge in [-0.25, -0.2) is 0 Å². The fourth-order valence-corrected chi connectivity index (χ4v) is 2.56. The molecule has 0 spiro atoms. The summed E-state index contributed by atoms with van der Waals surface area (Å²) in [4.78, 5) is 11.9. The number of carbonyl (C=O) groups is 1. The van der Waals surface area contributed by atoms with Gasteiger partial charge in [-0.05, 0) is 5.41 Å². The Morgan fingerprint density at radius 2 is 1.70 bits per heavy atom. The van der Waals surface area contributed by atoms with E-state index in [0.29, 0.717) is 12.0 Å². The van der Waals surface area contributed by atoms with Gasteiger partial charge in [-0.2, -0.15) is 0 Å². The van der Waals surface area contributed by atoms with E-state index in [4.69, 9.17) is 0 Å². The third kappa shape index (κ3) is 5.41. The molecule has 1 heterocycles. The number of rotatable bonds is 5. The van der Waals surface area contributed by atoms with Crippen molar-refractivity contribution in [2.45, 2.75) is 54.1 Å². The van der Waals surface area contributed by atoms with Gasteiger partial charge >= 0.3 is 0 Å². The van der Waals surface area contributed by atoms with E-state index in [1.54, 1.807) is 0 Å². The number of hydrogen-bond donors (Lipinski definition) is 2. The fourth-order valence-electron chi connectivity index (χ4n) is 2.56. The second-order valence-electron chi connectivity index (χ2n) is 8.62. The van der Waals surface area contributed by atoms with Crippen LogP contribution in [0.1, 0.15) is 48.0 Å². The molecule has 1 rings (SSSR count). The predicted octanol–water partition coefficient (Wildman–Crippen LogP) is 1.78. The molecule has 1 amide bonds. The third-order valence-corrected chi connectivity index (χ3v) is 4.09. The van der Waals surface area contributed by atoms with Crippen LogP contribution in [0.15, 0.2) is 0 Å². The van der Waals surface area contributed by atoms with Crippen LogP contribution in [0.25, 0.3) is 0 Å². The van der Waals surface area contributed by atoms with Gasteiger partial charge in [0, 0.05) is 11.8 Å². The highest BCUT2D eigenvalue weighted by Crippen LogP contribution is 2.26. The first-order chi connectivity index (χ1) is 8.94. The highest BCUT2D eigenvalue weighted by Gasteiger charge is 2.43. The number of nitrogens with one attached hydrogen (secondary N) is 1. The third-order valence-electron chi connectivity index (χ3n) is 4.09. The molecule has 0 bridgehead atoms. The van der Waals surface area contributed by atoms with Crippen LogP contribution in [0.2, 0.25) is 0 Å². The van der Waals surface area contributed by atoms with Crippen LogP contribution in [0, 0.1) is 10.8 Å². The van der Waals surface area contributed by atoms with Crippen molar-refractivity contribution < 1.29 is 14.4 Å². The normalized spacial score (nSPS) is 27.1.